The number of hydrogen-bond donors (Lipinski definition) is 0. The number of halogens is 1. The van der Waals surface area contributed by atoms with Crippen molar-refractivity contribution in [1.82, 2.24) is 0 Å². The monoisotopic (exact) mass is 272 g/mol. The zero-order valence-corrected chi connectivity index (χ0v) is 12.8. The Bertz CT molecular complexity index is 550. The van der Waals surface area contributed by atoms with Gasteiger partial charge in [-0.2, -0.15) is 0 Å². The molecule has 0 fully saturated rings. The molecular weight excluding hydrogens is 252 g/mol. The Morgan fingerprint density at radius 3 is 1.95 bits per heavy atom. The van der Waals surface area contributed by atoms with Crippen LogP contribution in [-0.2, 0) is 0 Å². The van der Waals surface area contributed by atoms with Crippen molar-refractivity contribution in [2.75, 3.05) is 0 Å². The fraction of sp³-hybridized carbons (Fsp3) is 0.333. The molecule has 0 amide bonds. The first-order valence-electron chi connectivity index (χ1n) is 6.89. The molecule has 0 atom stereocenters. The molecule has 0 bridgehead atoms. The summed E-state index contributed by atoms with van der Waals surface area (Å²) in [7, 11) is 0. The van der Waals surface area contributed by atoms with Crippen LogP contribution in [0.1, 0.15) is 50.7 Å². The van der Waals surface area contributed by atoms with E-state index < -0.39 is 0 Å². The second-order valence-corrected chi connectivity index (χ2v) is 6.10. The van der Waals surface area contributed by atoms with Crippen molar-refractivity contribution in [1.29, 1.82) is 0 Å². The Kier molecular flexibility index (Phi) is 4.31. The molecule has 0 saturated carbocycles. The molecule has 0 heterocycles. The van der Waals surface area contributed by atoms with Crippen molar-refractivity contribution in [3.8, 4) is 11.1 Å². The lowest BCUT2D eigenvalue weighted by molar-refractivity contribution is 0.847. The van der Waals surface area contributed by atoms with Gasteiger partial charge >= 0.3 is 0 Å². The highest BCUT2D eigenvalue weighted by molar-refractivity contribution is 6.30. The van der Waals surface area contributed by atoms with Crippen LogP contribution < -0.4 is 0 Å². The van der Waals surface area contributed by atoms with Gasteiger partial charge < -0.3 is 0 Å². The van der Waals surface area contributed by atoms with Gasteiger partial charge in [-0.25, -0.2) is 0 Å². The van der Waals surface area contributed by atoms with Gasteiger partial charge in [-0.1, -0.05) is 69.6 Å². The van der Waals surface area contributed by atoms with Crippen LogP contribution in [0.25, 0.3) is 11.1 Å². The zero-order valence-electron chi connectivity index (χ0n) is 12.1. The lowest BCUT2D eigenvalue weighted by Gasteiger charge is -2.16. The molecule has 0 radical (unpaired) electrons. The summed E-state index contributed by atoms with van der Waals surface area (Å²) in [6, 6.07) is 15.0. The van der Waals surface area contributed by atoms with E-state index in [4.69, 9.17) is 11.6 Å². The van der Waals surface area contributed by atoms with E-state index in [0.29, 0.717) is 11.8 Å². The minimum Gasteiger partial charge on any atom is -0.0843 e. The van der Waals surface area contributed by atoms with Gasteiger partial charge in [-0.3, -0.25) is 0 Å². The number of benzene rings is 2. The Balaban J connectivity index is 2.57. The molecule has 100 valence electrons. The highest BCUT2D eigenvalue weighted by atomic mass is 35.5. The Morgan fingerprint density at radius 1 is 0.789 bits per heavy atom. The average molecular weight is 273 g/mol. The average Bonchev–Trinajstić information content (AvgIpc) is 2.38. The minimum atomic E-state index is 0.520. The molecule has 0 saturated heterocycles. The summed E-state index contributed by atoms with van der Waals surface area (Å²) < 4.78 is 0. The molecule has 0 aliphatic rings. The SMILES string of the molecule is CC(C)c1ccc(C(C)C)c(-c2ccc(Cl)cc2)c1. The summed E-state index contributed by atoms with van der Waals surface area (Å²) in [5.74, 6) is 1.07. The highest BCUT2D eigenvalue weighted by Gasteiger charge is 2.11. The maximum Gasteiger partial charge on any atom is 0.0406 e. The van der Waals surface area contributed by atoms with Crippen LogP contribution >= 0.6 is 11.6 Å². The minimum absolute atomic E-state index is 0.520. The van der Waals surface area contributed by atoms with Gasteiger partial charge in [0.05, 0.1) is 0 Å². The van der Waals surface area contributed by atoms with Gasteiger partial charge in [0.2, 0.25) is 0 Å². The Labute approximate surface area is 121 Å². The molecule has 2 rings (SSSR count). The molecule has 0 nitrogen and oxygen atoms in total. The lowest BCUT2D eigenvalue weighted by Crippen LogP contribution is -1.96. The van der Waals surface area contributed by atoms with Gasteiger partial charge in [-0.05, 0) is 46.2 Å². The van der Waals surface area contributed by atoms with Crippen LogP contribution in [0.2, 0.25) is 5.02 Å². The molecule has 1 heteroatoms. The van der Waals surface area contributed by atoms with E-state index in [1.54, 1.807) is 0 Å². The molecule has 0 aliphatic carbocycles. The maximum atomic E-state index is 5.98. The summed E-state index contributed by atoms with van der Waals surface area (Å²) in [5.41, 5.74) is 5.36. The fourth-order valence-electron chi connectivity index (χ4n) is 2.32. The van der Waals surface area contributed by atoms with Gasteiger partial charge in [0.1, 0.15) is 0 Å². The topological polar surface area (TPSA) is 0 Å². The van der Waals surface area contributed by atoms with Crippen LogP contribution in [0, 0.1) is 0 Å². The van der Waals surface area contributed by atoms with Crippen molar-refractivity contribution in [3.05, 3.63) is 58.6 Å². The van der Waals surface area contributed by atoms with Gasteiger partial charge in [0.15, 0.2) is 0 Å². The second kappa shape index (κ2) is 5.79. The van der Waals surface area contributed by atoms with Crippen molar-refractivity contribution in [2.24, 2.45) is 0 Å². The highest BCUT2D eigenvalue weighted by Crippen LogP contribution is 2.32. The molecule has 2 aromatic rings. The first-order chi connectivity index (χ1) is 8.99. The van der Waals surface area contributed by atoms with Gasteiger partial charge in [0.25, 0.3) is 0 Å². The summed E-state index contributed by atoms with van der Waals surface area (Å²) in [5, 5.41) is 0.787. The molecule has 0 aromatic heterocycles. The summed E-state index contributed by atoms with van der Waals surface area (Å²) in [6.07, 6.45) is 0. The molecule has 0 N–H and O–H groups in total. The Morgan fingerprint density at radius 2 is 1.42 bits per heavy atom. The number of hydrogen-bond acceptors (Lipinski definition) is 0. The third-order valence-electron chi connectivity index (χ3n) is 3.52. The molecule has 0 aliphatic heterocycles. The van der Waals surface area contributed by atoms with E-state index in [9.17, 15) is 0 Å². The van der Waals surface area contributed by atoms with Crippen LogP contribution in [0.5, 0.6) is 0 Å². The lowest BCUT2D eigenvalue weighted by atomic mass is 9.89. The predicted molar refractivity (Wildman–Crippen MR) is 85.1 cm³/mol. The maximum absolute atomic E-state index is 5.98. The van der Waals surface area contributed by atoms with E-state index in [1.165, 1.54) is 22.3 Å². The quantitative estimate of drug-likeness (QED) is 0.619. The van der Waals surface area contributed by atoms with E-state index in [1.807, 2.05) is 12.1 Å². The third-order valence-corrected chi connectivity index (χ3v) is 3.77. The van der Waals surface area contributed by atoms with Crippen LogP contribution in [0.3, 0.4) is 0 Å². The van der Waals surface area contributed by atoms with E-state index >= 15 is 0 Å². The summed E-state index contributed by atoms with van der Waals surface area (Å²) in [6.45, 7) is 8.94. The van der Waals surface area contributed by atoms with Gasteiger partial charge in [-0.15, -0.1) is 0 Å². The van der Waals surface area contributed by atoms with Gasteiger partial charge in [0, 0.05) is 5.02 Å². The molecular formula is C18H21Cl. The normalized spacial score (nSPS) is 11.3. The first kappa shape index (κ1) is 14.1. The predicted octanol–water partition coefficient (Wildman–Crippen LogP) is 6.25. The molecule has 0 spiro atoms. The van der Waals surface area contributed by atoms with Crippen molar-refractivity contribution >= 4 is 11.6 Å². The fourth-order valence-corrected chi connectivity index (χ4v) is 2.44. The molecule has 2 aromatic carbocycles. The van der Waals surface area contributed by atoms with E-state index in [2.05, 4.69) is 58.0 Å². The first-order valence-corrected chi connectivity index (χ1v) is 7.26. The molecule has 19 heavy (non-hydrogen) atoms. The van der Waals surface area contributed by atoms with Crippen molar-refractivity contribution in [2.45, 2.75) is 39.5 Å². The van der Waals surface area contributed by atoms with Crippen LogP contribution in [-0.4, -0.2) is 0 Å². The number of rotatable bonds is 3. The Hall–Kier alpha value is -1.27. The summed E-state index contributed by atoms with van der Waals surface area (Å²) >= 11 is 5.98. The third kappa shape index (κ3) is 3.19. The summed E-state index contributed by atoms with van der Waals surface area (Å²) in [4.78, 5) is 0. The van der Waals surface area contributed by atoms with E-state index in [-0.39, 0.29) is 0 Å². The largest absolute Gasteiger partial charge is 0.0843 e. The second-order valence-electron chi connectivity index (χ2n) is 5.66. The molecule has 0 unspecified atom stereocenters. The smallest absolute Gasteiger partial charge is 0.0406 e. The zero-order chi connectivity index (χ0) is 14.0. The van der Waals surface area contributed by atoms with Crippen molar-refractivity contribution < 1.29 is 0 Å². The van der Waals surface area contributed by atoms with E-state index in [0.717, 1.165) is 5.02 Å². The van der Waals surface area contributed by atoms with Crippen molar-refractivity contribution in [3.63, 3.8) is 0 Å². The van der Waals surface area contributed by atoms with Crippen LogP contribution in [0.4, 0.5) is 0 Å². The standard InChI is InChI=1S/C18H21Cl/c1-12(2)15-7-10-17(13(3)4)18(11-15)14-5-8-16(19)9-6-14/h5-13H,1-4H3. The van der Waals surface area contributed by atoms with Crippen LogP contribution in [0.15, 0.2) is 42.5 Å².